The lowest BCUT2D eigenvalue weighted by Gasteiger charge is -2.35. The maximum atomic E-state index is 5.87. The summed E-state index contributed by atoms with van der Waals surface area (Å²) in [5.74, 6) is -0.264. The lowest BCUT2D eigenvalue weighted by atomic mass is 10.0. The van der Waals surface area contributed by atoms with Crippen molar-refractivity contribution in [2.24, 2.45) is 0 Å². The Morgan fingerprint density at radius 3 is 2.37 bits per heavy atom. The van der Waals surface area contributed by atoms with Gasteiger partial charge in [0.25, 0.3) is 0 Å². The van der Waals surface area contributed by atoms with E-state index in [-0.39, 0.29) is 5.79 Å². The van der Waals surface area contributed by atoms with Crippen LogP contribution in [0.3, 0.4) is 0 Å². The monoisotopic (exact) mass is 363 g/mol. The topological polar surface area (TPSA) is 38.7 Å². The van der Waals surface area contributed by atoms with Crippen LogP contribution in [-0.2, 0) is 15.9 Å². The first kappa shape index (κ1) is 17.0. The minimum atomic E-state index is -0.264. The summed E-state index contributed by atoms with van der Waals surface area (Å²) in [4.78, 5) is 5.32. The zero-order valence-electron chi connectivity index (χ0n) is 15.7. The molecule has 0 saturated carbocycles. The number of ether oxygens (including phenoxy) is 2. The van der Waals surface area contributed by atoms with Crippen molar-refractivity contribution in [1.82, 2.24) is 4.98 Å². The Morgan fingerprint density at radius 1 is 0.889 bits per heavy atom. The first-order valence-electron chi connectivity index (χ1n) is 10.1. The van der Waals surface area contributed by atoms with E-state index in [2.05, 4.69) is 59.6 Å². The van der Waals surface area contributed by atoms with Crippen LogP contribution in [0.2, 0.25) is 0 Å². The van der Waals surface area contributed by atoms with Crippen molar-refractivity contribution in [3.63, 3.8) is 0 Å². The van der Waals surface area contributed by atoms with Gasteiger partial charge in [-0.15, -0.1) is 0 Å². The van der Waals surface area contributed by atoms with Crippen molar-refractivity contribution in [2.45, 2.75) is 25.0 Å². The number of nitrogens with one attached hydrogen (secondary N) is 2. The summed E-state index contributed by atoms with van der Waals surface area (Å²) in [6.45, 7) is 4.92. The van der Waals surface area contributed by atoms with Gasteiger partial charge in [0.05, 0.1) is 45.7 Å². The van der Waals surface area contributed by atoms with Crippen molar-refractivity contribution >= 4 is 10.9 Å². The molecule has 2 N–H and O–H groups in total. The molecule has 0 bridgehead atoms. The van der Waals surface area contributed by atoms with Crippen LogP contribution in [0.4, 0.5) is 0 Å². The average Bonchev–Trinajstić information content (AvgIpc) is 3.33. The second-order valence-electron chi connectivity index (χ2n) is 7.75. The molecule has 3 heterocycles. The summed E-state index contributed by atoms with van der Waals surface area (Å²) in [5, 5.41) is 1.35. The Labute approximate surface area is 160 Å². The van der Waals surface area contributed by atoms with Crippen LogP contribution in [0.5, 0.6) is 0 Å². The van der Waals surface area contributed by atoms with E-state index in [9.17, 15) is 0 Å². The van der Waals surface area contributed by atoms with E-state index in [1.165, 1.54) is 27.7 Å². The van der Waals surface area contributed by atoms with Gasteiger partial charge in [-0.2, -0.15) is 0 Å². The van der Waals surface area contributed by atoms with Crippen molar-refractivity contribution in [3.05, 3.63) is 60.2 Å². The summed E-state index contributed by atoms with van der Waals surface area (Å²) in [5.41, 5.74) is 5.21. The predicted octanol–water partition coefficient (Wildman–Crippen LogP) is 2.80. The molecule has 3 aromatic rings. The van der Waals surface area contributed by atoms with Crippen LogP contribution < -0.4 is 4.90 Å². The molecule has 1 spiro atoms. The van der Waals surface area contributed by atoms with Crippen molar-refractivity contribution in [1.29, 1.82) is 0 Å². The van der Waals surface area contributed by atoms with Gasteiger partial charge in [-0.05, 0) is 17.2 Å². The average molecular weight is 363 g/mol. The zero-order valence-corrected chi connectivity index (χ0v) is 15.7. The lowest BCUT2D eigenvalue weighted by Crippen LogP contribution is -3.14. The minimum Gasteiger partial charge on any atom is -0.354 e. The third-order valence-electron chi connectivity index (χ3n) is 6.14. The van der Waals surface area contributed by atoms with Gasteiger partial charge in [0, 0.05) is 23.0 Å². The predicted molar refractivity (Wildman–Crippen MR) is 107 cm³/mol. The molecule has 1 aromatic heterocycles. The molecule has 2 aliphatic heterocycles. The minimum absolute atomic E-state index is 0.264. The fraction of sp³-hybridized carbons (Fsp3) is 0.391. The highest BCUT2D eigenvalue weighted by Gasteiger charge is 2.41. The van der Waals surface area contributed by atoms with Gasteiger partial charge < -0.3 is 19.4 Å². The van der Waals surface area contributed by atoms with Crippen molar-refractivity contribution in [3.8, 4) is 11.3 Å². The van der Waals surface area contributed by atoms with Crippen molar-refractivity contribution in [2.75, 3.05) is 32.8 Å². The maximum absolute atomic E-state index is 5.87. The molecule has 2 saturated heterocycles. The maximum Gasteiger partial charge on any atom is 0.179 e. The van der Waals surface area contributed by atoms with Gasteiger partial charge in [0.2, 0.25) is 0 Å². The number of benzene rings is 2. The highest BCUT2D eigenvalue weighted by atomic mass is 16.7. The normalized spacial score (nSPS) is 19.9. The summed E-state index contributed by atoms with van der Waals surface area (Å²) >= 11 is 0. The molecule has 2 aromatic carbocycles. The van der Waals surface area contributed by atoms with Crippen LogP contribution in [-0.4, -0.2) is 43.6 Å². The smallest absolute Gasteiger partial charge is 0.179 e. The van der Waals surface area contributed by atoms with Gasteiger partial charge in [0.1, 0.15) is 0 Å². The standard InChI is InChI=1S/C23H26N2O2/c1-2-6-18(7-3-1)22-20(19-8-4-5-9-21(19)24-22)10-13-25-14-11-23(12-15-25)26-16-17-27-23/h1-9,24H,10-17H2/p+1. The zero-order chi connectivity index (χ0) is 18.1. The molecule has 0 amide bonds. The van der Waals surface area contributed by atoms with Gasteiger partial charge in [0.15, 0.2) is 5.79 Å². The molecule has 0 unspecified atom stereocenters. The molecule has 0 atom stereocenters. The SMILES string of the molecule is c1ccc(-c2[nH]c3ccccc3c2CC[NH+]2CCC3(CC2)OCCO3)cc1. The van der Waals surface area contributed by atoms with Crippen LogP contribution >= 0.6 is 0 Å². The molecule has 5 rings (SSSR count). The second kappa shape index (κ2) is 7.12. The quantitative estimate of drug-likeness (QED) is 0.748. The lowest BCUT2D eigenvalue weighted by molar-refractivity contribution is -0.908. The molecule has 2 aliphatic rings. The number of likely N-dealkylation sites (tertiary alicyclic amines) is 1. The van der Waals surface area contributed by atoms with Crippen LogP contribution in [0.15, 0.2) is 54.6 Å². The molecule has 0 radical (unpaired) electrons. The number of aromatic amines is 1. The summed E-state index contributed by atoms with van der Waals surface area (Å²) in [7, 11) is 0. The fourth-order valence-corrected chi connectivity index (χ4v) is 4.63. The van der Waals surface area contributed by atoms with E-state index in [0.717, 1.165) is 52.1 Å². The fourth-order valence-electron chi connectivity index (χ4n) is 4.63. The second-order valence-corrected chi connectivity index (χ2v) is 7.75. The van der Waals surface area contributed by atoms with Crippen LogP contribution in [0, 0.1) is 0 Å². The van der Waals surface area contributed by atoms with Gasteiger partial charge >= 0.3 is 0 Å². The Kier molecular flexibility index (Phi) is 4.48. The number of piperidine rings is 1. The summed E-state index contributed by atoms with van der Waals surface area (Å²) in [6.07, 6.45) is 3.11. The van der Waals surface area contributed by atoms with Gasteiger partial charge in [-0.1, -0.05) is 48.5 Å². The van der Waals surface area contributed by atoms with Gasteiger partial charge in [-0.25, -0.2) is 0 Å². The first-order chi connectivity index (χ1) is 13.3. The van der Waals surface area contributed by atoms with E-state index in [0.29, 0.717) is 0 Å². The number of hydrogen-bond acceptors (Lipinski definition) is 2. The molecule has 4 nitrogen and oxygen atoms in total. The Balaban J connectivity index is 1.35. The van der Waals surface area contributed by atoms with E-state index in [4.69, 9.17) is 9.47 Å². The molecular formula is C23H27N2O2+. The molecule has 140 valence electrons. The number of H-pyrrole nitrogens is 1. The number of quaternary nitrogens is 1. The number of rotatable bonds is 4. The molecule has 4 heteroatoms. The van der Waals surface area contributed by atoms with E-state index >= 15 is 0 Å². The third-order valence-corrected chi connectivity index (χ3v) is 6.14. The van der Waals surface area contributed by atoms with Gasteiger partial charge in [-0.3, -0.25) is 0 Å². The largest absolute Gasteiger partial charge is 0.354 e. The number of hydrogen-bond donors (Lipinski definition) is 2. The summed E-state index contributed by atoms with van der Waals surface area (Å²) < 4.78 is 11.7. The third kappa shape index (κ3) is 3.29. The summed E-state index contributed by atoms with van der Waals surface area (Å²) in [6, 6.07) is 19.4. The highest BCUT2D eigenvalue weighted by molar-refractivity contribution is 5.90. The molecule has 27 heavy (non-hydrogen) atoms. The highest BCUT2D eigenvalue weighted by Crippen LogP contribution is 2.31. The van der Waals surface area contributed by atoms with E-state index < -0.39 is 0 Å². The Bertz CT molecular complexity index is 903. The first-order valence-corrected chi connectivity index (χ1v) is 10.1. The molecule has 0 aliphatic carbocycles. The van der Waals surface area contributed by atoms with E-state index in [1.54, 1.807) is 4.90 Å². The Hall–Kier alpha value is -2.14. The van der Waals surface area contributed by atoms with Crippen LogP contribution in [0.25, 0.3) is 22.2 Å². The molecule has 2 fully saturated rings. The number of fused-ring (bicyclic) bond motifs is 1. The molecular weight excluding hydrogens is 336 g/mol. The number of para-hydroxylation sites is 1. The van der Waals surface area contributed by atoms with Crippen molar-refractivity contribution < 1.29 is 14.4 Å². The Morgan fingerprint density at radius 2 is 1.59 bits per heavy atom. The number of aromatic nitrogens is 1. The van der Waals surface area contributed by atoms with Crippen LogP contribution in [0.1, 0.15) is 18.4 Å². The van der Waals surface area contributed by atoms with E-state index in [1.807, 2.05) is 0 Å².